The number of thioether (sulfide) groups is 1. The first-order chi connectivity index (χ1) is 14.0. The average molecular weight is 427 g/mol. The second-order valence-electron chi connectivity index (χ2n) is 7.17. The molecule has 29 heavy (non-hydrogen) atoms. The quantitative estimate of drug-likeness (QED) is 0.481. The molecule has 0 bridgehead atoms. The molecule has 1 N–H and O–H groups in total. The Balaban J connectivity index is 1.35. The molecule has 0 radical (unpaired) electrons. The minimum Gasteiger partial charge on any atom is -0.336 e. The van der Waals surface area contributed by atoms with Crippen LogP contribution in [0.5, 0.6) is 0 Å². The summed E-state index contributed by atoms with van der Waals surface area (Å²) in [5, 5.41) is 4.79. The maximum absolute atomic E-state index is 12.5. The zero-order chi connectivity index (χ0) is 20.4. The van der Waals surface area contributed by atoms with Crippen molar-refractivity contribution in [2.24, 2.45) is 0 Å². The minimum absolute atomic E-state index is 0.0142. The van der Waals surface area contributed by atoms with Crippen LogP contribution in [0.15, 0.2) is 35.6 Å². The lowest BCUT2D eigenvalue weighted by Crippen LogP contribution is -2.35. The summed E-state index contributed by atoms with van der Waals surface area (Å²) in [4.78, 5) is 37.4. The van der Waals surface area contributed by atoms with Crippen molar-refractivity contribution in [3.63, 3.8) is 0 Å². The number of hydrogen-bond acceptors (Lipinski definition) is 6. The fourth-order valence-corrected chi connectivity index (χ4v) is 5.65. The van der Waals surface area contributed by atoms with Gasteiger partial charge in [0.15, 0.2) is 0 Å². The maximum Gasteiger partial charge on any atom is 0.243 e. The lowest BCUT2D eigenvalue weighted by Gasteiger charge is -2.16. The Morgan fingerprint density at radius 2 is 2.00 bits per heavy atom. The first-order valence-corrected chi connectivity index (χ1v) is 11.3. The van der Waals surface area contributed by atoms with E-state index >= 15 is 0 Å². The maximum atomic E-state index is 12.5. The van der Waals surface area contributed by atoms with Crippen LogP contribution in [0.25, 0.3) is 10.2 Å². The van der Waals surface area contributed by atoms with Gasteiger partial charge < -0.3 is 10.2 Å². The van der Waals surface area contributed by atoms with Crippen LogP contribution in [-0.4, -0.2) is 46.0 Å². The Bertz CT molecular complexity index is 1060. The molecule has 0 saturated heterocycles. The number of benzene rings is 1. The molecule has 1 aliphatic carbocycles. The molecule has 0 saturated carbocycles. The first kappa shape index (κ1) is 19.8. The topological polar surface area (TPSA) is 75.2 Å². The molecular formula is C21H22N4O2S2. The number of likely N-dealkylation sites (N-methyl/N-ethyl adjacent to an activating group) is 1. The molecule has 150 valence electrons. The molecular weight excluding hydrogens is 404 g/mol. The average Bonchev–Trinajstić information content (AvgIpc) is 3.29. The van der Waals surface area contributed by atoms with Gasteiger partial charge in [0.05, 0.1) is 12.3 Å². The summed E-state index contributed by atoms with van der Waals surface area (Å²) >= 11 is 3.16. The van der Waals surface area contributed by atoms with Crippen LogP contribution in [0.3, 0.4) is 0 Å². The normalized spacial score (nSPS) is 12.8. The second kappa shape index (κ2) is 8.51. The van der Waals surface area contributed by atoms with Crippen LogP contribution in [0.2, 0.25) is 0 Å². The van der Waals surface area contributed by atoms with Gasteiger partial charge in [-0.05, 0) is 43.9 Å². The summed E-state index contributed by atoms with van der Waals surface area (Å²) in [6, 6.07) is 7.57. The van der Waals surface area contributed by atoms with E-state index in [2.05, 4.69) is 15.3 Å². The summed E-state index contributed by atoms with van der Waals surface area (Å²) in [6.07, 6.45) is 4.91. The predicted octanol–water partition coefficient (Wildman–Crippen LogP) is 3.68. The predicted molar refractivity (Wildman–Crippen MR) is 118 cm³/mol. The summed E-state index contributed by atoms with van der Waals surface area (Å²) < 4.78 is 0. The molecule has 0 aliphatic heterocycles. The van der Waals surface area contributed by atoms with E-state index in [9.17, 15) is 9.59 Å². The number of nitrogens with zero attached hydrogens (tertiary/aromatic N) is 3. The van der Waals surface area contributed by atoms with Crippen LogP contribution in [0, 0.1) is 6.92 Å². The highest BCUT2D eigenvalue weighted by molar-refractivity contribution is 8.00. The zero-order valence-electron chi connectivity index (χ0n) is 16.4. The van der Waals surface area contributed by atoms with E-state index in [-0.39, 0.29) is 24.1 Å². The van der Waals surface area contributed by atoms with E-state index < -0.39 is 0 Å². The Kier molecular flexibility index (Phi) is 5.82. The van der Waals surface area contributed by atoms with E-state index in [0.717, 1.165) is 39.3 Å². The van der Waals surface area contributed by atoms with Gasteiger partial charge in [-0.15, -0.1) is 11.3 Å². The third-order valence-electron chi connectivity index (χ3n) is 4.94. The van der Waals surface area contributed by atoms with Crippen LogP contribution < -0.4 is 5.32 Å². The third kappa shape index (κ3) is 4.43. The van der Waals surface area contributed by atoms with Crippen molar-refractivity contribution in [3.8, 4) is 0 Å². The lowest BCUT2D eigenvalue weighted by atomic mass is 10.2. The van der Waals surface area contributed by atoms with E-state index in [1.165, 1.54) is 33.5 Å². The Labute approximate surface area is 177 Å². The van der Waals surface area contributed by atoms with E-state index in [1.807, 2.05) is 31.2 Å². The smallest absolute Gasteiger partial charge is 0.243 e. The van der Waals surface area contributed by atoms with Gasteiger partial charge >= 0.3 is 0 Å². The van der Waals surface area contributed by atoms with E-state index in [4.69, 9.17) is 0 Å². The largest absolute Gasteiger partial charge is 0.336 e. The van der Waals surface area contributed by atoms with Crippen molar-refractivity contribution in [1.82, 2.24) is 14.9 Å². The van der Waals surface area contributed by atoms with E-state index in [1.54, 1.807) is 24.7 Å². The highest BCUT2D eigenvalue weighted by atomic mass is 32.2. The molecule has 0 spiro atoms. The molecule has 0 atom stereocenters. The number of rotatable bonds is 6. The number of carbonyl (C=O) groups excluding carboxylic acids is 2. The Morgan fingerprint density at radius 3 is 2.79 bits per heavy atom. The van der Waals surface area contributed by atoms with Crippen molar-refractivity contribution >= 4 is 50.8 Å². The second-order valence-corrected chi connectivity index (χ2v) is 9.22. The highest BCUT2D eigenvalue weighted by Crippen LogP contribution is 2.39. The summed E-state index contributed by atoms with van der Waals surface area (Å²) in [7, 11) is 1.65. The molecule has 6 nitrogen and oxygen atoms in total. The number of nitrogens with one attached hydrogen (secondary N) is 1. The van der Waals surface area contributed by atoms with Crippen molar-refractivity contribution in [2.75, 3.05) is 24.7 Å². The third-order valence-corrected chi connectivity index (χ3v) is 7.11. The number of carbonyl (C=O) groups is 2. The standard InChI is InChI=1S/C21H22N4O2S2/c1-13-6-8-14(9-7-13)24-17(26)10-25(2)18(27)11-28-20-19-15-4-3-5-16(15)29-21(19)23-12-22-20/h6-9,12H,3-5,10-11H2,1-2H3,(H,24,26). The minimum atomic E-state index is -0.213. The van der Waals surface area contributed by atoms with Crippen molar-refractivity contribution in [1.29, 1.82) is 0 Å². The fraction of sp³-hybridized carbons (Fsp3) is 0.333. The molecule has 1 aliphatic rings. The number of amides is 2. The number of aryl methyl sites for hydroxylation is 3. The molecule has 4 rings (SSSR count). The molecule has 1 aromatic carbocycles. The lowest BCUT2D eigenvalue weighted by molar-refractivity contribution is -0.131. The number of aromatic nitrogens is 2. The Hall–Kier alpha value is -2.45. The molecule has 2 heterocycles. The zero-order valence-corrected chi connectivity index (χ0v) is 18.0. The van der Waals surface area contributed by atoms with Crippen LogP contribution in [0.4, 0.5) is 5.69 Å². The number of hydrogen-bond donors (Lipinski definition) is 1. The van der Waals surface area contributed by atoms with Gasteiger partial charge in [0, 0.05) is 23.0 Å². The molecule has 0 unspecified atom stereocenters. The molecule has 3 aromatic rings. The van der Waals surface area contributed by atoms with Crippen LogP contribution >= 0.6 is 23.1 Å². The van der Waals surface area contributed by atoms with E-state index in [0.29, 0.717) is 0 Å². The highest BCUT2D eigenvalue weighted by Gasteiger charge is 2.22. The summed E-state index contributed by atoms with van der Waals surface area (Å²) in [5.74, 6) is -0.0760. The van der Waals surface area contributed by atoms with Gasteiger partial charge in [-0.3, -0.25) is 9.59 Å². The van der Waals surface area contributed by atoms with Gasteiger partial charge in [0.2, 0.25) is 11.8 Å². The van der Waals surface area contributed by atoms with Gasteiger partial charge in [-0.25, -0.2) is 9.97 Å². The fourth-order valence-electron chi connectivity index (χ4n) is 3.39. The molecule has 0 fully saturated rings. The number of thiophene rings is 1. The van der Waals surface area contributed by atoms with Crippen LogP contribution in [-0.2, 0) is 22.4 Å². The van der Waals surface area contributed by atoms with Gasteiger partial charge in [-0.2, -0.15) is 0 Å². The monoisotopic (exact) mass is 426 g/mol. The molecule has 8 heteroatoms. The Morgan fingerprint density at radius 1 is 1.21 bits per heavy atom. The van der Waals surface area contributed by atoms with Crippen molar-refractivity contribution in [3.05, 3.63) is 46.6 Å². The van der Waals surface area contributed by atoms with Crippen molar-refractivity contribution in [2.45, 2.75) is 31.2 Å². The van der Waals surface area contributed by atoms with Gasteiger partial charge in [0.25, 0.3) is 0 Å². The summed E-state index contributed by atoms with van der Waals surface area (Å²) in [6.45, 7) is 2.01. The number of anilines is 1. The first-order valence-electron chi connectivity index (χ1n) is 9.50. The van der Waals surface area contributed by atoms with Crippen LogP contribution in [0.1, 0.15) is 22.4 Å². The van der Waals surface area contributed by atoms with Crippen molar-refractivity contribution < 1.29 is 9.59 Å². The SMILES string of the molecule is Cc1ccc(NC(=O)CN(C)C(=O)CSc2ncnc3sc4c(c23)CCC4)cc1. The van der Waals surface area contributed by atoms with Gasteiger partial charge in [-0.1, -0.05) is 29.5 Å². The number of fused-ring (bicyclic) bond motifs is 3. The molecule has 2 aromatic heterocycles. The summed E-state index contributed by atoms with van der Waals surface area (Å²) in [5.41, 5.74) is 3.21. The molecule has 2 amide bonds. The van der Waals surface area contributed by atoms with Gasteiger partial charge in [0.1, 0.15) is 16.2 Å².